The summed E-state index contributed by atoms with van der Waals surface area (Å²) in [5.41, 5.74) is 1.02. The minimum Gasteiger partial charge on any atom is -0.507 e. The highest BCUT2D eigenvalue weighted by molar-refractivity contribution is 6.43. The van der Waals surface area contributed by atoms with Crippen LogP contribution in [-0.2, 0) is 0 Å². The van der Waals surface area contributed by atoms with Crippen LogP contribution in [0.5, 0.6) is 5.75 Å². The first-order valence-corrected chi connectivity index (χ1v) is 5.77. The molecule has 0 heterocycles. The van der Waals surface area contributed by atoms with Crippen LogP contribution in [0.15, 0.2) is 36.4 Å². The fourth-order valence-corrected chi connectivity index (χ4v) is 2.01. The molecule has 0 spiro atoms. The zero-order valence-corrected chi connectivity index (χ0v) is 10.5. The summed E-state index contributed by atoms with van der Waals surface area (Å²) < 4.78 is 0. The Morgan fingerprint density at radius 2 is 1.83 bits per heavy atom. The van der Waals surface area contributed by atoms with Crippen molar-refractivity contribution in [2.75, 3.05) is 0 Å². The molecule has 0 radical (unpaired) electrons. The van der Waals surface area contributed by atoms with Crippen molar-refractivity contribution in [2.45, 2.75) is 0 Å². The molecule has 2 rings (SSSR count). The molecule has 5 heteroatoms. The number of aromatic carboxylic acids is 1. The third-order valence-corrected chi connectivity index (χ3v) is 3.31. The molecular formula is C13H8Cl2O3. The molecule has 0 aliphatic rings. The molecule has 2 aromatic rings. The van der Waals surface area contributed by atoms with Crippen molar-refractivity contribution >= 4 is 29.2 Å². The van der Waals surface area contributed by atoms with E-state index in [1.807, 2.05) is 0 Å². The lowest BCUT2D eigenvalue weighted by Gasteiger charge is -2.08. The van der Waals surface area contributed by atoms with Gasteiger partial charge in [-0.1, -0.05) is 41.4 Å². The molecule has 92 valence electrons. The fourth-order valence-electron chi connectivity index (χ4n) is 1.60. The van der Waals surface area contributed by atoms with E-state index in [0.29, 0.717) is 21.2 Å². The van der Waals surface area contributed by atoms with E-state index in [1.165, 1.54) is 12.1 Å². The van der Waals surface area contributed by atoms with E-state index in [-0.39, 0.29) is 11.3 Å². The molecule has 0 fully saturated rings. The lowest BCUT2D eigenvalue weighted by molar-refractivity contribution is 0.0694. The predicted molar refractivity (Wildman–Crippen MR) is 70.5 cm³/mol. The van der Waals surface area contributed by atoms with Crippen molar-refractivity contribution in [3.63, 3.8) is 0 Å². The number of hydrogen-bond acceptors (Lipinski definition) is 2. The third kappa shape index (κ3) is 2.28. The summed E-state index contributed by atoms with van der Waals surface area (Å²) >= 11 is 12.0. The number of phenols is 1. The first-order valence-electron chi connectivity index (χ1n) is 5.01. The number of halogens is 2. The standard InChI is InChI=1S/C13H8Cl2O3/c14-10-3-1-2-8(12(10)15)7-4-5-11(16)9(6-7)13(17)18/h1-6,16H,(H,17,18). The number of carboxylic acid groups (broad SMARTS) is 1. The number of carboxylic acids is 1. The van der Waals surface area contributed by atoms with E-state index in [4.69, 9.17) is 28.3 Å². The van der Waals surface area contributed by atoms with Crippen molar-refractivity contribution in [3.05, 3.63) is 52.0 Å². The molecule has 0 saturated heterocycles. The van der Waals surface area contributed by atoms with Crippen molar-refractivity contribution in [1.29, 1.82) is 0 Å². The molecule has 0 amide bonds. The second-order valence-electron chi connectivity index (χ2n) is 3.64. The Kier molecular flexibility index (Phi) is 3.45. The molecule has 0 aliphatic carbocycles. The van der Waals surface area contributed by atoms with Gasteiger partial charge in [-0.2, -0.15) is 0 Å². The molecular weight excluding hydrogens is 275 g/mol. The van der Waals surface area contributed by atoms with E-state index in [2.05, 4.69) is 0 Å². The first-order chi connectivity index (χ1) is 8.50. The number of benzene rings is 2. The van der Waals surface area contributed by atoms with Gasteiger partial charge < -0.3 is 10.2 Å². The lowest BCUT2D eigenvalue weighted by atomic mass is 10.0. The van der Waals surface area contributed by atoms with Crippen molar-refractivity contribution in [2.24, 2.45) is 0 Å². The summed E-state index contributed by atoms with van der Waals surface area (Å²) in [6.45, 7) is 0. The monoisotopic (exact) mass is 282 g/mol. The molecule has 0 atom stereocenters. The Hall–Kier alpha value is -1.71. The van der Waals surface area contributed by atoms with Gasteiger partial charge in [0.15, 0.2) is 0 Å². The van der Waals surface area contributed by atoms with Gasteiger partial charge in [0.05, 0.1) is 10.0 Å². The SMILES string of the molecule is O=C(O)c1cc(-c2cccc(Cl)c2Cl)ccc1O. The fraction of sp³-hybridized carbons (Fsp3) is 0. The zero-order chi connectivity index (χ0) is 13.3. The Morgan fingerprint density at radius 3 is 2.50 bits per heavy atom. The van der Waals surface area contributed by atoms with Crippen molar-refractivity contribution < 1.29 is 15.0 Å². The van der Waals surface area contributed by atoms with E-state index in [0.717, 1.165) is 0 Å². The second kappa shape index (κ2) is 4.88. The summed E-state index contributed by atoms with van der Waals surface area (Å²) in [5.74, 6) is -1.49. The van der Waals surface area contributed by atoms with Gasteiger partial charge in [0.2, 0.25) is 0 Å². The Bertz CT molecular complexity index is 624. The van der Waals surface area contributed by atoms with Crippen LogP contribution in [-0.4, -0.2) is 16.2 Å². The van der Waals surface area contributed by atoms with Gasteiger partial charge in [0, 0.05) is 5.56 Å². The lowest BCUT2D eigenvalue weighted by Crippen LogP contribution is -1.97. The summed E-state index contributed by atoms with van der Waals surface area (Å²) in [6, 6.07) is 9.35. The Morgan fingerprint density at radius 1 is 1.11 bits per heavy atom. The smallest absolute Gasteiger partial charge is 0.339 e. The van der Waals surface area contributed by atoms with E-state index in [9.17, 15) is 9.90 Å². The molecule has 0 bridgehead atoms. The molecule has 0 aliphatic heterocycles. The zero-order valence-electron chi connectivity index (χ0n) is 9.02. The number of aromatic hydroxyl groups is 1. The van der Waals surface area contributed by atoms with Gasteiger partial charge in [0.25, 0.3) is 0 Å². The largest absolute Gasteiger partial charge is 0.507 e. The van der Waals surface area contributed by atoms with Crippen molar-refractivity contribution in [1.82, 2.24) is 0 Å². The first kappa shape index (κ1) is 12.7. The Balaban J connectivity index is 2.62. The van der Waals surface area contributed by atoms with Crippen LogP contribution in [0.3, 0.4) is 0 Å². The van der Waals surface area contributed by atoms with Crippen LogP contribution in [0.25, 0.3) is 11.1 Å². The highest BCUT2D eigenvalue weighted by atomic mass is 35.5. The van der Waals surface area contributed by atoms with Gasteiger partial charge >= 0.3 is 5.97 Å². The molecule has 3 nitrogen and oxygen atoms in total. The second-order valence-corrected chi connectivity index (χ2v) is 4.42. The summed E-state index contributed by atoms with van der Waals surface area (Å²) in [5, 5.41) is 19.1. The van der Waals surface area contributed by atoms with E-state index >= 15 is 0 Å². The number of hydrogen-bond donors (Lipinski definition) is 2. The van der Waals surface area contributed by atoms with Gasteiger partial charge in [-0.3, -0.25) is 0 Å². The summed E-state index contributed by atoms with van der Waals surface area (Å²) in [6.07, 6.45) is 0. The van der Waals surface area contributed by atoms with Gasteiger partial charge in [-0.05, 0) is 23.8 Å². The highest BCUT2D eigenvalue weighted by Crippen LogP contribution is 2.35. The third-order valence-electron chi connectivity index (χ3n) is 2.49. The average Bonchev–Trinajstić information content (AvgIpc) is 2.33. The number of carbonyl (C=O) groups is 1. The van der Waals surface area contributed by atoms with E-state index < -0.39 is 5.97 Å². The van der Waals surface area contributed by atoms with Gasteiger partial charge in [0.1, 0.15) is 11.3 Å². The molecule has 2 aromatic carbocycles. The van der Waals surface area contributed by atoms with Crippen LogP contribution in [0, 0.1) is 0 Å². The van der Waals surface area contributed by atoms with Gasteiger partial charge in [-0.15, -0.1) is 0 Å². The normalized spacial score (nSPS) is 10.3. The maximum absolute atomic E-state index is 10.9. The summed E-state index contributed by atoms with van der Waals surface area (Å²) in [7, 11) is 0. The topological polar surface area (TPSA) is 57.5 Å². The van der Waals surface area contributed by atoms with Crippen LogP contribution < -0.4 is 0 Å². The minimum atomic E-state index is -1.20. The van der Waals surface area contributed by atoms with Crippen LogP contribution in [0.2, 0.25) is 10.0 Å². The van der Waals surface area contributed by atoms with Crippen LogP contribution in [0.1, 0.15) is 10.4 Å². The molecule has 2 N–H and O–H groups in total. The van der Waals surface area contributed by atoms with Crippen LogP contribution >= 0.6 is 23.2 Å². The number of rotatable bonds is 2. The highest BCUT2D eigenvalue weighted by Gasteiger charge is 2.13. The summed E-state index contributed by atoms with van der Waals surface area (Å²) in [4.78, 5) is 10.9. The van der Waals surface area contributed by atoms with Crippen molar-refractivity contribution in [3.8, 4) is 16.9 Å². The van der Waals surface area contributed by atoms with Gasteiger partial charge in [-0.25, -0.2) is 4.79 Å². The van der Waals surface area contributed by atoms with Crippen LogP contribution in [0.4, 0.5) is 0 Å². The molecule has 0 unspecified atom stereocenters. The molecule has 18 heavy (non-hydrogen) atoms. The average molecular weight is 283 g/mol. The quantitative estimate of drug-likeness (QED) is 0.873. The Labute approximate surface area is 113 Å². The molecule has 0 aromatic heterocycles. The predicted octanol–water partition coefficient (Wildman–Crippen LogP) is 4.06. The van der Waals surface area contributed by atoms with E-state index in [1.54, 1.807) is 24.3 Å². The maximum atomic E-state index is 10.9. The maximum Gasteiger partial charge on any atom is 0.339 e. The molecule has 0 saturated carbocycles. The minimum absolute atomic E-state index is 0.177.